The highest BCUT2D eigenvalue weighted by Crippen LogP contribution is 2.21. The minimum atomic E-state index is -0.275. The lowest BCUT2D eigenvalue weighted by atomic mass is 10.2. The fourth-order valence-corrected chi connectivity index (χ4v) is 2.72. The zero-order chi connectivity index (χ0) is 17.1. The second-order valence-corrected chi connectivity index (χ2v) is 5.86. The van der Waals surface area contributed by atoms with Crippen molar-refractivity contribution in [3.63, 3.8) is 0 Å². The molecule has 0 atom stereocenters. The van der Waals surface area contributed by atoms with Crippen LogP contribution >= 0.6 is 11.6 Å². The van der Waals surface area contributed by atoms with Gasteiger partial charge in [-0.15, -0.1) is 0 Å². The van der Waals surface area contributed by atoms with Crippen LogP contribution in [-0.4, -0.2) is 21.7 Å². The third kappa shape index (κ3) is 3.26. The predicted molar refractivity (Wildman–Crippen MR) is 96.1 cm³/mol. The van der Waals surface area contributed by atoms with E-state index in [4.69, 9.17) is 11.6 Å². The Morgan fingerprint density at radius 2 is 2.00 bits per heavy atom. The molecule has 0 bridgehead atoms. The number of rotatable bonds is 4. The second kappa shape index (κ2) is 6.76. The van der Waals surface area contributed by atoms with Crippen LogP contribution in [0.5, 0.6) is 0 Å². The number of halogens is 1. The van der Waals surface area contributed by atoms with Crippen LogP contribution in [0.15, 0.2) is 53.8 Å². The van der Waals surface area contributed by atoms with Gasteiger partial charge in [-0.05, 0) is 56.3 Å². The molecule has 0 radical (unpaired) electrons. The number of carbonyl (C=O) groups excluding carboxylic acids is 1. The first-order valence-electron chi connectivity index (χ1n) is 7.48. The molecule has 0 aliphatic carbocycles. The van der Waals surface area contributed by atoms with Gasteiger partial charge in [0.05, 0.1) is 6.21 Å². The van der Waals surface area contributed by atoms with Crippen LogP contribution in [0.3, 0.4) is 0 Å². The number of amides is 1. The number of benzene rings is 1. The van der Waals surface area contributed by atoms with E-state index in [0.717, 1.165) is 22.6 Å². The summed E-state index contributed by atoms with van der Waals surface area (Å²) in [7, 11) is 0. The standard InChI is InChI=1S/C18H17ClN4O/c1-12-10-14(11-21-22-18(24)17-4-3-9-20-17)13(2)23(12)16-7-5-15(19)6-8-16/h3-11,20H,1-2H3,(H,22,24)/b21-11-. The van der Waals surface area contributed by atoms with Crippen LogP contribution in [0.25, 0.3) is 5.69 Å². The Balaban J connectivity index is 1.80. The monoisotopic (exact) mass is 340 g/mol. The summed E-state index contributed by atoms with van der Waals surface area (Å²) in [4.78, 5) is 14.7. The predicted octanol–water partition coefficient (Wildman–Crippen LogP) is 3.84. The van der Waals surface area contributed by atoms with Gasteiger partial charge in [0.25, 0.3) is 5.91 Å². The number of nitrogens with one attached hydrogen (secondary N) is 2. The molecule has 3 rings (SSSR count). The molecule has 0 aliphatic heterocycles. The van der Waals surface area contributed by atoms with E-state index in [9.17, 15) is 4.79 Å². The van der Waals surface area contributed by atoms with Gasteiger partial charge in [0, 0.05) is 33.9 Å². The van der Waals surface area contributed by atoms with Crippen molar-refractivity contribution in [2.24, 2.45) is 5.10 Å². The molecular formula is C18H17ClN4O. The molecule has 0 aliphatic rings. The molecule has 2 aromatic heterocycles. The van der Waals surface area contributed by atoms with E-state index in [-0.39, 0.29) is 5.91 Å². The summed E-state index contributed by atoms with van der Waals surface area (Å²) >= 11 is 5.95. The van der Waals surface area contributed by atoms with Crippen LogP contribution < -0.4 is 5.43 Å². The Kier molecular flexibility index (Phi) is 4.53. The lowest BCUT2D eigenvalue weighted by molar-refractivity contribution is 0.0951. The van der Waals surface area contributed by atoms with Gasteiger partial charge < -0.3 is 9.55 Å². The van der Waals surface area contributed by atoms with Crippen LogP contribution in [0.2, 0.25) is 5.02 Å². The minimum Gasteiger partial charge on any atom is -0.357 e. The summed E-state index contributed by atoms with van der Waals surface area (Å²) in [5.41, 5.74) is 7.06. The SMILES string of the molecule is Cc1cc(/C=N\NC(=O)c2ccc[nH]2)c(C)n1-c1ccc(Cl)cc1. The van der Waals surface area contributed by atoms with Gasteiger partial charge in [0.15, 0.2) is 0 Å². The van der Waals surface area contributed by atoms with Crippen molar-refractivity contribution in [1.82, 2.24) is 15.0 Å². The Hall–Kier alpha value is -2.79. The van der Waals surface area contributed by atoms with E-state index in [1.165, 1.54) is 0 Å². The summed E-state index contributed by atoms with van der Waals surface area (Å²) in [5.74, 6) is -0.275. The van der Waals surface area contributed by atoms with Gasteiger partial charge in [-0.2, -0.15) is 5.10 Å². The summed E-state index contributed by atoms with van der Waals surface area (Å²) in [6.45, 7) is 4.03. The Morgan fingerprint density at radius 3 is 2.67 bits per heavy atom. The summed E-state index contributed by atoms with van der Waals surface area (Å²) < 4.78 is 2.12. The molecule has 5 nitrogen and oxygen atoms in total. The van der Waals surface area contributed by atoms with E-state index >= 15 is 0 Å². The maximum Gasteiger partial charge on any atom is 0.287 e. The quantitative estimate of drug-likeness (QED) is 0.550. The van der Waals surface area contributed by atoms with E-state index in [2.05, 4.69) is 20.1 Å². The molecule has 24 heavy (non-hydrogen) atoms. The Bertz CT molecular complexity index is 877. The van der Waals surface area contributed by atoms with Crippen molar-refractivity contribution in [3.8, 4) is 5.69 Å². The number of hydrogen-bond acceptors (Lipinski definition) is 2. The van der Waals surface area contributed by atoms with Crippen molar-refractivity contribution >= 4 is 23.7 Å². The number of H-pyrrole nitrogens is 1. The zero-order valence-corrected chi connectivity index (χ0v) is 14.1. The van der Waals surface area contributed by atoms with Crippen LogP contribution in [0.1, 0.15) is 27.4 Å². The van der Waals surface area contributed by atoms with Gasteiger partial charge in [0.1, 0.15) is 5.69 Å². The summed E-state index contributed by atoms with van der Waals surface area (Å²) in [6, 6.07) is 13.1. The molecule has 1 aromatic carbocycles. The van der Waals surface area contributed by atoms with E-state index in [1.807, 2.05) is 44.2 Å². The van der Waals surface area contributed by atoms with E-state index in [1.54, 1.807) is 24.5 Å². The number of nitrogens with zero attached hydrogens (tertiary/aromatic N) is 2. The molecule has 2 heterocycles. The Labute approximate surface area is 145 Å². The largest absolute Gasteiger partial charge is 0.357 e. The smallest absolute Gasteiger partial charge is 0.287 e. The fourth-order valence-electron chi connectivity index (χ4n) is 2.60. The highest BCUT2D eigenvalue weighted by Gasteiger charge is 2.10. The maximum atomic E-state index is 11.8. The average molecular weight is 341 g/mol. The van der Waals surface area contributed by atoms with E-state index < -0.39 is 0 Å². The van der Waals surface area contributed by atoms with Gasteiger partial charge in [0.2, 0.25) is 0 Å². The molecular weight excluding hydrogens is 324 g/mol. The van der Waals surface area contributed by atoms with Gasteiger partial charge >= 0.3 is 0 Å². The maximum absolute atomic E-state index is 11.8. The molecule has 0 saturated carbocycles. The van der Waals surface area contributed by atoms with Crippen LogP contribution in [0.4, 0.5) is 0 Å². The normalized spacial score (nSPS) is 11.1. The topological polar surface area (TPSA) is 62.2 Å². The third-order valence-corrected chi connectivity index (χ3v) is 4.02. The number of carbonyl (C=O) groups is 1. The highest BCUT2D eigenvalue weighted by molar-refractivity contribution is 6.30. The van der Waals surface area contributed by atoms with Gasteiger partial charge in [-0.3, -0.25) is 4.79 Å². The molecule has 6 heteroatoms. The van der Waals surface area contributed by atoms with Gasteiger partial charge in [-0.1, -0.05) is 11.6 Å². The van der Waals surface area contributed by atoms with Crippen LogP contribution in [0, 0.1) is 13.8 Å². The van der Waals surface area contributed by atoms with Crippen LogP contribution in [-0.2, 0) is 0 Å². The summed E-state index contributed by atoms with van der Waals surface area (Å²) in [6.07, 6.45) is 3.34. The zero-order valence-electron chi connectivity index (χ0n) is 13.4. The first-order valence-corrected chi connectivity index (χ1v) is 7.86. The molecule has 0 unspecified atom stereocenters. The number of hydrogen-bond donors (Lipinski definition) is 2. The van der Waals surface area contributed by atoms with Crippen molar-refractivity contribution in [1.29, 1.82) is 0 Å². The average Bonchev–Trinajstić information content (AvgIpc) is 3.18. The third-order valence-electron chi connectivity index (χ3n) is 3.77. The van der Waals surface area contributed by atoms with Gasteiger partial charge in [-0.25, -0.2) is 5.43 Å². The molecule has 0 fully saturated rings. The molecule has 0 saturated heterocycles. The second-order valence-electron chi connectivity index (χ2n) is 5.42. The highest BCUT2D eigenvalue weighted by atomic mass is 35.5. The number of aromatic nitrogens is 2. The number of aromatic amines is 1. The van der Waals surface area contributed by atoms with Crippen molar-refractivity contribution in [2.75, 3.05) is 0 Å². The molecule has 0 spiro atoms. The lowest BCUT2D eigenvalue weighted by Gasteiger charge is -2.09. The van der Waals surface area contributed by atoms with Crippen molar-refractivity contribution < 1.29 is 4.79 Å². The molecule has 3 aromatic rings. The first-order chi connectivity index (χ1) is 11.6. The molecule has 2 N–H and O–H groups in total. The molecule has 122 valence electrons. The van der Waals surface area contributed by atoms with Crippen molar-refractivity contribution in [2.45, 2.75) is 13.8 Å². The van der Waals surface area contributed by atoms with E-state index in [0.29, 0.717) is 10.7 Å². The fraction of sp³-hybridized carbons (Fsp3) is 0.111. The number of aryl methyl sites for hydroxylation is 1. The summed E-state index contributed by atoms with van der Waals surface area (Å²) in [5, 5.41) is 4.75. The Morgan fingerprint density at radius 1 is 1.25 bits per heavy atom. The molecule has 1 amide bonds. The first kappa shape index (κ1) is 16.1. The lowest BCUT2D eigenvalue weighted by Crippen LogP contribution is -2.17. The number of hydrazone groups is 1. The minimum absolute atomic E-state index is 0.275. The van der Waals surface area contributed by atoms with Crippen molar-refractivity contribution in [3.05, 3.63) is 76.3 Å².